The Morgan fingerprint density at radius 1 is 0.966 bits per heavy atom. The quantitative estimate of drug-likeness (QED) is 0.699. The number of hydrogen-bond acceptors (Lipinski definition) is 4. The van der Waals surface area contributed by atoms with Gasteiger partial charge in [0.1, 0.15) is 17.5 Å². The molecule has 2 N–H and O–H groups in total. The first-order chi connectivity index (χ1) is 13.8. The average molecular weight is 403 g/mol. The van der Waals surface area contributed by atoms with E-state index >= 15 is 0 Å². The fourth-order valence-corrected chi connectivity index (χ4v) is 5.03. The van der Waals surface area contributed by atoms with Crippen molar-refractivity contribution in [2.24, 2.45) is 23.7 Å². The molecule has 0 aliphatic heterocycles. The zero-order valence-electron chi connectivity index (χ0n) is 18.2. The fraction of sp³-hybridized carbons (Fsp3) is 0.652. The topological polar surface area (TPSA) is 76.7 Å². The Morgan fingerprint density at radius 2 is 1.62 bits per heavy atom. The summed E-state index contributed by atoms with van der Waals surface area (Å²) in [6.45, 7) is 5.99. The van der Waals surface area contributed by atoms with Crippen LogP contribution in [0, 0.1) is 23.7 Å². The lowest BCUT2D eigenvalue weighted by Crippen LogP contribution is -2.53. The largest absolute Gasteiger partial charge is 0.497 e. The molecule has 29 heavy (non-hydrogen) atoms. The van der Waals surface area contributed by atoms with Gasteiger partial charge in [-0.15, -0.1) is 0 Å². The van der Waals surface area contributed by atoms with E-state index in [2.05, 4.69) is 17.6 Å². The van der Waals surface area contributed by atoms with Gasteiger partial charge in [0, 0.05) is 17.7 Å². The number of benzene rings is 1. The summed E-state index contributed by atoms with van der Waals surface area (Å²) in [5, 5.41) is 6.09. The van der Waals surface area contributed by atoms with Gasteiger partial charge in [-0.3, -0.25) is 9.59 Å². The predicted octanol–water partition coefficient (Wildman–Crippen LogP) is 3.40. The summed E-state index contributed by atoms with van der Waals surface area (Å²) in [6, 6.07) is 4.53. The van der Waals surface area contributed by atoms with Crippen LogP contribution in [0.1, 0.15) is 56.8 Å². The molecule has 2 bridgehead atoms. The highest BCUT2D eigenvalue weighted by Gasteiger charge is 2.42. The molecule has 4 unspecified atom stereocenters. The third-order valence-electron chi connectivity index (χ3n) is 6.65. The SMILES string of the molecule is COc1cc(OC)cc(C(=O)N[C@H](C(=O)NC(C)C2CC3CCC2C3)C(C)C)c1. The highest BCUT2D eigenvalue weighted by atomic mass is 16.5. The first-order valence-corrected chi connectivity index (χ1v) is 10.7. The number of fused-ring (bicyclic) bond motifs is 2. The predicted molar refractivity (Wildman–Crippen MR) is 112 cm³/mol. The van der Waals surface area contributed by atoms with Gasteiger partial charge in [0.2, 0.25) is 5.91 Å². The van der Waals surface area contributed by atoms with Crippen molar-refractivity contribution in [3.05, 3.63) is 23.8 Å². The van der Waals surface area contributed by atoms with E-state index in [0.717, 1.165) is 11.8 Å². The Bertz CT molecular complexity index is 726. The molecule has 6 nitrogen and oxygen atoms in total. The monoisotopic (exact) mass is 402 g/mol. The van der Waals surface area contributed by atoms with Crippen LogP contribution in [0.4, 0.5) is 0 Å². The molecular formula is C23H34N2O4. The molecule has 1 aromatic rings. The molecule has 0 spiro atoms. The molecule has 160 valence electrons. The number of amides is 2. The van der Waals surface area contributed by atoms with E-state index in [0.29, 0.717) is 23.0 Å². The summed E-state index contributed by atoms with van der Waals surface area (Å²) in [4.78, 5) is 25.8. The van der Waals surface area contributed by atoms with Crippen LogP contribution >= 0.6 is 0 Å². The minimum absolute atomic E-state index is 0.0290. The van der Waals surface area contributed by atoms with Gasteiger partial charge < -0.3 is 20.1 Å². The summed E-state index contributed by atoms with van der Waals surface area (Å²) in [5.74, 6) is 2.75. The van der Waals surface area contributed by atoms with Crippen molar-refractivity contribution >= 4 is 11.8 Å². The van der Waals surface area contributed by atoms with Crippen molar-refractivity contribution in [2.75, 3.05) is 14.2 Å². The Morgan fingerprint density at radius 3 is 2.10 bits per heavy atom. The molecule has 6 heteroatoms. The van der Waals surface area contributed by atoms with E-state index in [1.54, 1.807) is 18.2 Å². The molecule has 2 aliphatic carbocycles. The zero-order chi connectivity index (χ0) is 21.1. The lowest BCUT2D eigenvalue weighted by Gasteiger charge is -2.31. The smallest absolute Gasteiger partial charge is 0.252 e. The minimum Gasteiger partial charge on any atom is -0.497 e. The van der Waals surface area contributed by atoms with E-state index in [9.17, 15) is 9.59 Å². The van der Waals surface area contributed by atoms with Gasteiger partial charge in [-0.2, -0.15) is 0 Å². The molecule has 2 saturated carbocycles. The van der Waals surface area contributed by atoms with Crippen LogP contribution < -0.4 is 20.1 Å². The van der Waals surface area contributed by atoms with Crippen molar-refractivity contribution in [3.63, 3.8) is 0 Å². The Hall–Kier alpha value is -2.24. The standard InChI is InChI=1S/C23H34N2O4/c1-13(2)21(23(27)24-14(3)20-9-15-6-7-16(20)8-15)25-22(26)17-10-18(28-4)12-19(11-17)29-5/h10-16,20-21H,6-9H2,1-5H3,(H,24,27)(H,25,26)/t14?,15?,16?,20?,21-/m0/s1. The van der Waals surface area contributed by atoms with Gasteiger partial charge in [0.15, 0.2) is 0 Å². The molecule has 0 heterocycles. The number of nitrogens with one attached hydrogen (secondary N) is 2. The molecule has 2 aliphatic rings. The van der Waals surface area contributed by atoms with Crippen LogP contribution in [0.15, 0.2) is 18.2 Å². The van der Waals surface area contributed by atoms with Crippen molar-refractivity contribution in [3.8, 4) is 11.5 Å². The van der Waals surface area contributed by atoms with Gasteiger partial charge in [-0.1, -0.05) is 20.3 Å². The molecule has 0 radical (unpaired) electrons. The highest BCUT2D eigenvalue weighted by Crippen LogP contribution is 2.49. The van der Waals surface area contributed by atoms with Crippen molar-refractivity contribution in [1.29, 1.82) is 0 Å². The number of carbonyl (C=O) groups excluding carboxylic acids is 2. The average Bonchev–Trinajstić information content (AvgIpc) is 3.34. The van der Waals surface area contributed by atoms with Crippen molar-refractivity contribution in [2.45, 2.75) is 58.5 Å². The minimum atomic E-state index is -0.597. The first kappa shape index (κ1) is 21.5. The lowest BCUT2D eigenvalue weighted by molar-refractivity contribution is -0.125. The molecule has 2 amide bonds. The lowest BCUT2D eigenvalue weighted by atomic mass is 9.84. The van der Waals surface area contributed by atoms with E-state index in [4.69, 9.17) is 9.47 Å². The number of methoxy groups -OCH3 is 2. The second-order valence-corrected chi connectivity index (χ2v) is 8.93. The number of rotatable bonds is 8. The maximum atomic E-state index is 13.0. The van der Waals surface area contributed by atoms with E-state index in [1.165, 1.54) is 39.9 Å². The third kappa shape index (κ3) is 4.85. The van der Waals surface area contributed by atoms with E-state index in [-0.39, 0.29) is 23.8 Å². The molecule has 3 rings (SSSR count). The normalized spacial score (nSPS) is 24.8. The van der Waals surface area contributed by atoms with Gasteiger partial charge in [0.05, 0.1) is 14.2 Å². The van der Waals surface area contributed by atoms with Crippen LogP contribution in [0.2, 0.25) is 0 Å². The highest BCUT2D eigenvalue weighted by molar-refractivity contribution is 5.98. The summed E-state index contributed by atoms with van der Waals surface area (Å²) in [5.41, 5.74) is 0.404. The van der Waals surface area contributed by atoms with Crippen LogP contribution in [0.3, 0.4) is 0 Å². The summed E-state index contributed by atoms with van der Waals surface area (Å²) < 4.78 is 10.5. The van der Waals surface area contributed by atoms with E-state index < -0.39 is 6.04 Å². The summed E-state index contributed by atoms with van der Waals surface area (Å²) in [6.07, 6.45) is 5.16. The maximum absolute atomic E-state index is 13.0. The van der Waals surface area contributed by atoms with Crippen LogP contribution in [0.5, 0.6) is 11.5 Å². The maximum Gasteiger partial charge on any atom is 0.252 e. The van der Waals surface area contributed by atoms with E-state index in [1.807, 2.05) is 13.8 Å². The van der Waals surface area contributed by atoms with Crippen molar-refractivity contribution in [1.82, 2.24) is 10.6 Å². The van der Waals surface area contributed by atoms with Gasteiger partial charge in [-0.05, 0) is 62.0 Å². The molecular weight excluding hydrogens is 368 g/mol. The number of hydrogen-bond donors (Lipinski definition) is 2. The molecule has 5 atom stereocenters. The third-order valence-corrected chi connectivity index (χ3v) is 6.65. The Balaban J connectivity index is 1.66. The first-order valence-electron chi connectivity index (χ1n) is 10.7. The number of carbonyl (C=O) groups is 2. The molecule has 0 aromatic heterocycles. The second-order valence-electron chi connectivity index (χ2n) is 8.93. The molecule has 2 fully saturated rings. The van der Waals surface area contributed by atoms with Crippen LogP contribution in [0.25, 0.3) is 0 Å². The van der Waals surface area contributed by atoms with Gasteiger partial charge in [-0.25, -0.2) is 0 Å². The second kappa shape index (κ2) is 9.06. The zero-order valence-corrected chi connectivity index (χ0v) is 18.2. The Kier molecular flexibility index (Phi) is 6.70. The van der Waals surface area contributed by atoms with Crippen LogP contribution in [-0.4, -0.2) is 38.1 Å². The van der Waals surface area contributed by atoms with Gasteiger partial charge in [0.25, 0.3) is 5.91 Å². The van der Waals surface area contributed by atoms with Crippen LogP contribution in [-0.2, 0) is 4.79 Å². The van der Waals surface area contributed by atoms with Crippen molar-refractivity contribution < 1.29 is 19.1 Å². The summed E-state index contributed by atoms with van der Waals surface area (Å²) in [7, 11) is 3.08. The Labute approximate surface area is 173 Å². The fourth-order valence-electron chi connectivity index (χ4n) is 5.03. The molecule has 0 saturated heterocycles. The number of ether oxygens (including phenoxy) is 2. The molecule has 1 aromatic carbocycles. The van der Waals surface area contributed by atoms with Gasteiger partial charge >= 0.3 is 0 Å². The summed E-state index contributed by atoms with van der Waals surface area (Å²) >= 11 is 0.